The minimum Gasteiger partial charge on any atom is -0.315 e. The van der Waals surface area contributed by atoms with E-state index in [-0.39, 0.29) is 0 Å². The molecule has 0 fully saturated rings. The second kappa shape index (κ2) is 9.47. The predicted octanol–water partition coefficient (Wildman–Crippen LogP) is 2.50. The molecule has 0 rings (SSSR count). The molecular formula is C12H28N2. The molecule has 0 aliphatic heterocycles. The van der Waals surface area contributed by atoms with Crippen LogP contribution in [0.25, 0.3) is 0 Å². The summed E-state index contributed by atoms with van der Waals surface area (Å²) >= 11 is 0. The van der Waals surface area contributed by atoms with Gasteiger partial charge in [0.1, 0.15) is 0 Å². The lowest BCUT2D eigenvalue weighted by Gasteiger charge is -2.26. The molecule has 0 saturated heterocycles. The van der Waals surface area contributed by atoms with Crippen molar-refractivity contribution in [3.05, 3.63) is 0 Å². The van der Waals surface area contributed by atoms with E-state index in [2.05, 4.69) is 38.0 Å². The van der Waals surface area contributed by atoms with Gasteiger partial charge >= 0.3 is 0 Å². The first-order chi connectivity index (χ1) is 6.76. The maximum Gasteiger partial charge on any atom is 0.0107 e. The minimum atomic E-state index is 0.767. The Morgan fingerprint density at radius 3 is 2.21 bits per heavy atom. The standard InChI is InChI=1S/C12H28N2/c1-5-8-9-13-10-11-14(4)12(6-2)7-3/h12-13H,5-11H2,1-4H3. The van der Waals surface area contributed by atoms with E-state index in [4.69, 9.17) is 0 Å². The number of nitrogens with zero attached hydrogens (tertiary/aromatic N) is 1. The summed E-state index contributed by atoms with van der Waals surface area (Å²) in [5, 5.41) is 3.48. The lowest BCUT2D eigenvalue weighted by atomic mass is 10.1. The Morgan fingerprint density at radius 1 is 1.07 bits per heavy atom. The SMILES string of the molecule is CCCCNCCN(C)C(CC)CC. The van der Waals surface area contributed by atoms with E-state index in [9.17, 15) is 0 Å². The lowest BCUT2D eigenvalue weighted by molar-refractivity contribution is 0.230. The number of nitrogens with one attached hydrogen (secondary N) is 1. The van der Waals surface area contributed by atoms with E-state index in [0.29, 0.717) is 0 Å². The van der Waals surface area contributed by atoms with E-state index in [0.717, 1.165) is 12.6 Å². The van der Waals surface area contributed by atoms with Gasteiger partial charge in [-0.2, -0.15) is 0 Å². The predicted molar refractivity (Wildman–Crippen MR) is 64.8 cm³/mol. The fourth-order valence-corrected chi connectivity index (χ4v) is 1.78. The van der Waals surface area contributed by atoms with Crippen LogP contribution in [0.3, 0.4) is 0 Å². The molecule has 0 aliphatic carbocycles. The quantitative estimate of drug-likeness (QED) is 0.575. The molecule has 0 bridgehead atoms. The zero-order valence-corrected chi connectivity index (χ0v) is 10.5. The first-order valence-electron chi connectivity index (χ1n) is 6.17. The van der Waals surface area contributed by atoms with Crippen LogP contribution in [0.2, 0.25) is 0 Å². The maximum absolute atomic E-state index is 3.48. The fourth-order valence-electron chi connectivity index (χ4n) is 1.78. The first-order valence-corrected chi connectivity index (χ1v) is 6.17. The van der Waals surface area contributed by atoms with Crippen LogP contribution in [0, 0.1) is 0 Å². The molecule has 2 heteroatoms. The van der Waals surface area contributed by atoms with Gasteiger partial charge in [-0.1, -0.05) is 27.2 Å². The summed E-state index contributed by atoms with van der Waals surface area (Å²) in [5.41, 5.74) is 0. The van der Waals surface area contributed by atoms with Crippen molar-refractivity contribution in [1.82, 2.24) is 10.2 Å². The van der Waals surface area contributed by atoms with Gasteiger partial charge < -0.3 is 10.2 Å². The van der Waals surface area contributed by atoms with Crippen LogP contribution in [0.15, 0.2) is 0 Å². The Balaban J connectivity index is 3.37. The Kier molecular flexibility index (Phi) is 9.42. The molecule has 0 aliphatic rings. The van der Waals surface area contributed by atoms with E-state index in [1.807, 2.05) is 0 Å². The van der Waals surface area contributed by atoms with Gasteiger partial charge in [-0.25, -0.2) is 0 Å². The molecule has 86 valence electrons. The number of likely N-dealkylation sites (N-methyl/N-ethyl adjacent to an activating group) is 1. The zero-order valence-electron chi connectivity index (χ0n) is 10.5. The molecule has 0 aromatic carbocycles. The number of unbranched alkanes of at least 4 members (excludes halogenated alkanes) is 1. The maximum atomic E-state index is 3.48. The largest absolute Gasteiger partial charge is 0.315 e. The van der Waals surface area contributed by atoms with Crippen molar-refractivity contribution in [1.29, 1.82) is 0 Å². The molecule has 0 unspecified atom stereocenters. The summed E-state index contributed by atoms with van der Waals surface area (Å²) in [5.74, 6) is 0. The van der Waals surface area contributed by atoms with E-state index < -0.39 is 0 Å². The van der Waals surface area contributed by atoms with E-state index >= 15 is 0 Å². The van der Waals surface area contributed by atoms with Crippen molar-refractivity contribution >= 4 is 0 Å². The van der Waals surface area contributed by atoms with Crippen LogP contribution >= 0.6 is 0 Å². The molecule has 0 spiro atoms. The van der Waals surface area contributed by atoms with Crippen LogP contribution < -0.4 is 5.32 Å². The van der Waals surface area contributed by atoms with Crippen molar-refractivity contribution in [3.8, 4) is 0 Å². The molecule has 1 N–H and O–H groups in total. The molecular weight excluding hydrogens is 172 g/mol. The second-order valence-electron chi connectivity index (χ2n) is 4.05. The molecule has 0 amide bonds. The van der Waals surface area contributed by atoms with Crippen LogP contribution in [0.1, 0.15) is 46.5 Å². The van der Waals surface area contributed by atoms with Crippen molar-refractivity contribution in [2.24, 2.45) is 0 Å². The number of hydrogen-bond acceptors (Lipinski definition) is 2. The molecule has 0 aromatic rings. The molecule has 14 heavy (non-hydrogen) atoms. The molecule has 2 nitrogen and oxygen atoms in total. The van der Waals surface area contributed by atoms with Gasteiger partial charge in [0.2, 0.25) is 0 Å². The zero-order chi connectivity index (χ0) is 10.8. The van der Waals surface area contributed by atoms with Crippen molar-refractivity contribution in [2.45, 2.75) is 52.5 Å². The minimum absolute atomic E-state index is 0.767. The van der Waals surface area contributed by atoms with Gasteiger partial charge in [-0.15, -0.1) is 0 Å². The number of hydrogen-bond donors (Lipinski definition) is 1. The van der Waals surface area contributed by atoms with Crippen LogP contribution in [0.4, 0.5) is 0 Å². The van der Waals surface area contributed by atoms with Crippen LogP contribution in [0.5, 0.6) is 0 Å². The highest BCUT2D eigenvalue weighted by Gasteiger charge is 2.08. The van der Waals surface area contributed by atoms with Gasteiger partial charge in [0.25, 0.3) is 0 Å². The third-order valence-electron chi connectivity index (χ3n) is 2.91. The summed E-state index contributed by atoms with van der Waals surface area (Å²) in [7, 11) is 2.24. The summed E-state index contributed by atoms with van der Waals surface area (Å²) in [6.45, 7) is 10.3. The van der Waals surface area contributed by atoms with Gasteiger partial charge in [-0.3, -0.25) is 0 Å². The Labute approximate surface area is 90.1 Å². The first kappa shape index (κ1) is 13.9. The fraction of sp³-hybridized carbons (Fsp3) is 1.00. The highest BCUT2D eigenvalue weighted by Crippen LogP contribution is 2.04. The Bertz CT molecular complexity index is 111. The summed E-state index contributed by atoms with van der Waals surface area (Å²) in [4.78, 5) is 2.47. The summed E-state index contributed by atoms with van der Waals surface area (Å²) in [6.07, 6.45) is 5.12. The molecule has 0 heterocycles. The van der Waals surface area contributed by atoms with E-state index in [1.165, 1.54) is 38.8 Å². The normalized spacial score (nSPS) is 11.6. The van der Waals surface area contributed by atoms with Gasteiger partial charge in [0.05, 0.1) is 0 Å². The number of rotatable bonds is 9. The molecule has 0 radical (unpaired) electrons. The Morgan fingerprint density at radius 2 is 1.71 bits per heavy atom. The van der Waals surface area contributed by atoms with Crippen molar-refractivity contribution in [3.63, 3.8) is 0 Å². The summed E-state index contributed by atoms with van der Waals surface area (Å²) in [6, 6.07) is 0.767. The topological polar surface area (TPSA) is 15.3 Å². The highest BCUT2D eigenvalue weighted by atomic mass is 15.1. The van der Waals surface area contributed by atoms with Crippen LogP contribution in [-0.2, 0) is 0 Å². The second-order valence-corrected chi connectivity index (χ2v) is 4.05. The molecule has 0 aromatic heterocycles. The highest BCUT2D eigenvalue weighted by molar-refractivity contribution is 4.65. The third-order valence-corrected chi connectivity index (χ3v) is 2.91. The average Bonchev–Trinajstić information content (AvgIpc) is 2.19. The Hall–Kier alpha value is -0.0800. The smallest absolute Gasteiger partial charge is 0.0107 e. The molecule has 0 atom stereocenters. The van der Waals surface area contributed by atoms with Crippen molar-refractivity contribution < 1.29 is 0 Å². The van der Waals surface area contributed by atoms with Crippen LogP contribution in [-0.4, -0.2) is 37.6 Å². The van der Waals surface area contributed by atoms with Crippen molar-refractivity contribution in [2.75, 3.05) is 26.7 Å². The average molecular weight is 200 g/mol. The third kappa shape index (κ3) is 6.39. The van der Waals surface area contributed by atoms with E-state index in [1.54, 1.807) is 0 Å². The van der Waals surface area contributed by atoms with Gasteiger partial charge in [-0.05, 0) is 32.9 Å². The monoisotopic (exact) mass is 200 g/mol. The summed E-state index contributed by atoms with van der Waals surface area (Å²) < 4.78 is 0. The molecule has 0 saturated carbocycles. The van der Waals surface area contributed by atoms with Gasteiger partial charge in [0, 0.05) is 19.1 Å². The lowest BCUT2D eigenvalue weighted by Crippen LogP contribution is -2.36. The van der Waals surface area contributed by atoms with Gasteiger partial charge in [0.15, 0.2) is 0 Å².